The quantitative estimate of drug-likeness (QED) is 0.0207. The number of hydrogen-bond donors (Lipinski definition) is 4. The van der Waals surface area contributed by atoms with Crippen molar-refractivity contribution in [3.05, 3.63) is 163 Å². The molecule has 0 aliphatic carbocycles. The molecule has 115 heavy (non-hydrogen) atoms. The van der Waals surface area contributed by atoms with Crippen LogP contribution in [0.3, 0.4) is 0 Å². The van der Waals surface area contributed by atoms with E-state index in [-0.39, 0.29) is 94.2 Å². The molecule has 3 amide bonds. The van der Waals surface area contributed by atoms with E-state index in [0.717, 1.165) is 131 Å². The Morgan fingerprint density at radius 3 is 0.983 bits per heavy atom. The van der Waals surface area contributed by atoms with Crippen molar-refractivity contribution in [3.63, 3.8) is 0 Å². The fourth-order valence-corrected chi connectivity index (χ4v) is 19.0. The van der Waals surface area contributed by atoms with Crippen molar-refractivity contribution in [1.29, 1.82) is 0 Å². The van der Waals surface area contributed by atoms with Gasteiger partial charge in [-0.15, -0.1) is 0 Å². The lowest BCUT2D eigenvalue weighted by Gasteiger charge is -2.55. The maximum absolute atomic E-state index is 12.5. The molecule has 3 heterocycles. The van der Waals surface area contributed by atoms with Gasteiger partial charge in [-0.05, 0) is 318 Å². The molecule has 1 atom stereocenters. The molecular weight excluding hydrogens is 1450 g/mol. The summed E-state index contributed by atoms with van der Waals surface area (Å²) in [7, 11) is 0. The fourth-order valence-electron chi connectivity index (χ4n) is 19.0. The van der Waals surface area contributed by atoms with Gasteiger partial charge < -0.3 is 54.1 Å². The first-order valence-corrected chi connectivity index (χ1v) is 42.0. The molecular formula is C97H143N3O15. The van der Waals surface area contributed by atoms with Crippen LogP contribution in [0.4, 0.5) is 0 Å². The Kier molecular flexibility index (Phi) is 35.8. The smallest absolute Gasteiger partial charge is 0.306 e. The van der Waals surface area contributed by atoms with E-state index >= 15 is 0 Å². The molecule has 0 aromatic heterocycles. The number of aryl methyl sites for hydroxylation is 14. The van der Waals surface area contributed by atoms with E-state index in [4.69, 9.17) is 18.9 Å². The van der Waals surface area contributed by atoms with Gasteiger partial charge in [0, 0.05) is 85.6 Å². The topological polar surface area (TPSA) is 247 Å². The van der Waals surface area contributed by atoms with Gasteiger partial charge in [0.1, 0.15) is 35.2 Å². The highest BCUT2D eigenvalue weighted by molar-refractivity contribution is 5.88. The number of carbonyl (C=O) groups is 7. The first-order valence-electron chi connectivity index (χ1n) is 42.0. The Bertz CT molecular complexity index is 3870. The first kappa shape index (κ1) is 96.9. The molecule has 0 spiro atoms. The number of amides is 3. The summed E-state index contributed by atoms with van der Waals surface area (Å²) < 4.78 is 22.8. The second-order valence-electron chi connectivity index (χ2n) is 36.9. The number of piperidine rings is 3. The van der Waals surface area contributed by atoms with Gasteiger partial charge in [-0.1, -0.05) is 112 Å². The second kappa shape index (κ2) is 42.5. The van der Waals surface area contributed by atoms with E-state index < -0.39 is 11.1 Å². The second-order valence-corrected chi connectivity index (χ2v) is 36.9. The Hall–Kier alpha value is -8.67. The molecule has 18 nitrogen and oxygen atoms in total. The molecule has 0 bridgehead atoms. The maximum atomic E-state index is 12.5. The van der Waals surface area contributed by atoms with Crippen LogP contribution >= 0.6 is 0 Å². The van der Waals surface area contributed by atoms with E-state index in [1.54, 1.807) is 13.8 Å². The van der Waals surface area contributed by atoms with E-state index in [1.807, 2.05) is 146 Å². The van der Waals surface area contributed by atoms with E-state index in [1.165, 1.54) is 30.0 Å². The molecule has 5 aromatic carbocycles. The summed E-state index contributed by atoms with van der Waals surface area (Å²) in [6.45, 7) is 51.6. The Morgan fingerprint density at radius 1 is 0.400 bits per heavy atom. The van der Waals surface area contributed by atoms with Crippen LogP contribution < -0.4 is 0 Å². The zero-order valence-corrected chi connectivity index (χ0v) is 74.6. The predicted octanol–water partition coefficient (Wildman–Crippen LogP) is 19.8. The average Bonchev–Trinajstić information content (AvgIpc) is 0.775. The summed E-state index contributed by atoms with van der Waals surface area (Å²) in [5.74, 6) is 1.06. The minimum absolute atomic E-state index is 0.0180. The number of aromatic hydroxyl groups is 4. The largest absolute Gasteiger partial charge is 0.507 e. The molecule has 636 valence electrons. The number of phenolic OH excluding ortho intramolecular Hbond substituents is 4. The number of carbonyl (C=O) groups excluding carboxylic acids is 7. The highest BCUT2D eigenvalue weighted by Crippen LogP contribution is 2.44. The van der Waals surface area contributed by atoms with Crippen LogP contribution in [0, 0.1) is 67.2 Å². The number of benzene rings is 5. The van der Waals surface area contributed by atoms with Crippen LogP contribution in [0.25, 0.3) is 0 Å². The van der Waals surface area contributed by atoms with Gasteiger partial charge in [0.05, 0.1) is 13.2 Å². The van der Waals surface area contributed by atoms with Gasteiger partial charge in [-0.2, -0.15) is 0 Å². The summed E-state index contributed by atoms with van der Waals surface area (Å²) in [6.07, 6.45) is 17.8. The number of phenols is 4. The Labute approximate surface area is 689 Å². The van der Waals surface area contributed by atoms with Crippen molar-refractivity contribution in [2.45, 2.75) is 353 Å². The molecule has 3 saturated heterocycles. The molecule has 3 fully saturated rings. The van der Waals surface area contributed by atoms with Crippen molar-refractivity contribution in [2.75, 3.05) is 13.2 Å². The summed E-state index contributed by atoms with van der Waals surface area (Å²) in [5, 5.41) is 39.5. The molecule has 8 rings (SSSR count). The monoisotopic (exact) mass is 1590 g/mol. The number of nitrogens with zero attached hydrogens (tertiary/aromatic N) is 3. The highest BCUT2D eigenvalue weighted by atomic mass is 16.6. The van der Waals surface area contributed by atoms with Crippen molar-refractivity contribution >= 4 is 41.6 Å². The SMILES string of the molecule is C=CC(=O)N1C(C)(C)CC(OC(=O)CCc2cc(C)c(O)c(C)c2)CC1(C)C.CC(=O)N1C(C)(C)CC(COC(=O)CCc2cc(C)c(O)c(C)c2)CC1(C)C.CC(=O)N1C(C)(C)CC(COC(=O)CCc2cc(C)c(O)c(C)c2)CC1(C)C.CCCCc1ccc(CCC(CCCC)OC(=O)CCc2cc(C)c(O)c(C)c2)cc1. The van der Waals surface area contributed by atoms with Crippen LogP contribution in [-0.2, 0) is 91.0 Å². The van der Waals surface area contributed by atoms with Crippen LogP contribution in [0.15, 0.2) is 85.5 Å². The van der Waals surface area contributed by atoms with Crippen molar-refractivity contribution < 1.29 is 72.9 Å². The van der Waals surface area contributed by atoms with Crippen LogP contribution in [0.5, 0.6) is 23.0 Å². The Balaban J connectivity index is 0.000000274. The van der Waals surface area contributed by atoms with E-state index in [9.17, 15) is 54.0 Å². The third-order valence-electron chi connectivity index (χ3n) is 23.0. The number of hydrogen-bond acceptors (Lipinski definition) is 15. The molecule has 4 N–H and O–H groups in total. The highest BCUT2D eigenvalue weighted by Gasteiger charge is 2.50. The lowest BCUT2D eigenvalue weighted by molar-refractivity contribution is -0.165. The fraction of sp³-hybridized carbons (Fsp3) is 0.598. The standard InChI is InChI=1S/C28H40O3.2C23H35NO4.C23H33NO4/c1-5-7-9-23-11-13-24(14-12-23)15-17-26(10-8-6-2)31-27(29)18-16-25-19-21(3)28(30)22(4)20-25;2*1-15-10-18(11-16(2)21(15)27)8-9-20(26)28-14-19-12-22(4,5)24(17(3)25)23(6,7)13-19;1-8-19(25)24-22(4,5)13-18(14-23(24,6)7)28-20(26)10-9-17-11-15(2)21(27)16(3)12-17/h11-14,19-20,26,30H,5-10,15-18H2,1-4H3;2*10-11,19,27H,8-9,12-14H2,1-7H3;8,11-12,18,27H,1,9-10,13-14H2,2-7H3. The van der Waals surface area contributed by atoms with E-state index in [2.05, 4.69) is 100 Å². The van der Waals surface area contributed by atoms with Crippen molar-refractivity contribution in [2.24, 2.45) is 11.8 Å². The molecule has 3 aliphatic heterocycles. The molecule has 1 unspecified atom stereocenters. The lowest BCUT2D eigenvalue weighted by Crippen LogP contribution is -2.64. The molecule has 0 radical (unpaired) electrons. The van der Waals surface area contributed by atoms with Gasteiger partial charge in [0.2, 0.25) is 17.7 Å². The minimum Gasteiger partial charge on any atom is -0.507 e. The van der Waals surface area contributed by atoms with E-state index in [0.29, 0.717) is 94.0 Å². The summed E-state index contributed by atoms with van der Waals surface area (Å²) in [5.41, 5.74) is 11.6. The lowest BCUT2D eigenvalue weighted by atomic mass is 9.74. The zero-order chi connectivity index (χ0) is 86.5. The predicted molar refractivity (Wildman–Crippen MR) is 459 cm³/mol. The maximum Gasteiger partial charge on any atom is 0.306 e. The molecule has 0 saturated carbocycles. The zero-order valence-electron chi connectivity index (χ0n) is 74.6. The summed E-state index contributed by atoms with van der Waals surface area (Å²) in [6, 6.07) is 24.3. The number of esters is 4. The van der Waals surface area contributed by atoms with Crippen LogP contribution in [0.2, 0.25) is 0 Å². The summed E-state index contributed by atoms with van der Waals surface area (Å²) >= 11 is 0. The van der Waals surface area contributed by atoms with Crippen molar-refractivity contribution in [3.8, 4) is 23.0 Å². The average molecular weight is 1590 g/mol. The molecule has 3 aliphatic rings. The number of ether oxygens (including phenoxy) is 4. The number of unbranched alkanes of at least 4 members (excludes halogenated alkanes) is 2. The molecule has 5 aromatic rings. The van der Waals surface area contributed by atoms with Crippen LogP contribution in [0.1, 0.15) is 291 Å². The van der Waals surface area contributed by atoms with Crippen molar-refractivity contribution in [1.82, 2.24) is 14.7 Å². The third kappa shape index (κ3) is 29.2. The normalized spacial score (nSPS) is 16.9. The number of likely N-dealkylation sites (tertiary alicyclic amines) is 3. The molecule has 18 heteroatoms. The van der Waals surface area contributed by atoms with Gasteiger partial charge >= 0.3 is 23.9 Å². The number of rotatable bonds is 28. The minimum atomic E-state index is -0.427. The van der Waals surface area contributed by atoms with Gasteiger partial charge in [-0.3, -0.25) is 33.6 Å². The third-order valence-corrected chi connectivity index (χ3v) is 23.0. The first-order chi connectivity index (χ1) is 53.5. The Morgan fingerprint density at radius 2 is 0.687 bits per heavy atom. The van der Waals surface area contributed by atoms with Gasteiger partial charge in [0.25, 0.3) is 0 Å². The van der Waals surface area contributed by atoms with Gasteiger partial charge in [0.15, 0.2) is 0 Å². The summed E-state index contributed by atoms with van der Waals surface area (Å²) in [4.78, 5) is 91.8. The van der Waals surface area contributed by atoms with Gasteiger partial charge in [-0.25, -0.2) is 0 Å². The van der Waals surface area contributed by atoms with Crippen LogP contribution in [-0.4, -0.2) is 135 Å².